The summed E-state index contributed by atoms with van der Waals surface area (Å²) in [6.45, 7) is 4.39. The van der Waals surface area contributed by atoms with E-state index in [1.165, 1.54) is 12.1 Å². The molecule has 0 saturated heterocycles. The van der Waals surface area contributed by atoms with Crippen molar-refractivity contribution in [3.05, 3.63) is 52.3 Å². The van der Waals surface area contributed by atoms with Gasteiger partial charge in [0, 0.05) is 5.56 Å². The molecule has 2 rings (SSSR count). The molecule has 1 amide bonds. The number of hydrogen-bond acceptors (Lipinski definition) is 3. The number of hydrogen-bond donors (Lipinski definition) is 1. The zero-order valence-electron chi connectivity index (χ0n) is 14.2. The van der Waals surface area contributed by atoms with Crippen molar-refractivity contribution in [3.8, 4) is 11.5 Å². The van der Waals surface area contributed by atoms with Crippen LogP contribution in [0.5, 0.6) is 11.5 Å². The van der Waals surface area contributed by atoms with Gasteiger partial charge < -0.3 is 14.8 Å². The van der Waals surface area contributed by atoms with Crippen molar-refractivity contribution in [1.29, 1.82) is 0 Å². The van der Waals surface area contributed by atoms with Gasteiger partial charge in [0.1, 0.15) is 0 Å². The van der Waals surface area contributed by atoms with Crippen molar-refractivity contribution in [1.82, 2.24) is 0 Å². The number of anilines is 1. The number of carbonyl (C=O) groups excluding carboxylic acids is 1. The molecule has 1 N–H and O–H groups in total. The van der Waals surface area contributed by atoms with Crippen molar-refractivity contribution in [2.24, 2.45) is 0 Å². The third kappa shape index (κ3) is 4.40. The van der Waals surface area contributed by atoms with Crippen LogP contribution in [-0.2, 0) is 0 Å². The van der Waals surface area contributed by atoms with E-state index in [0.29, 0.717) is 25.0 Å². The van der Waals surface area contributed by atoms with Gasteiger partial charge in [0.15, 0.2) is 29.0 Å². The molecular formula is C18H17ClF3NO3. The Morgan fingerprint density at radius 1 is 1.12 bits per heavy atom. The first-order valence-electron chi connectivity index (χ1n) is 7.93. The van der Waals surface area contributed by atoms with Crippen molar-refractivity contribution in [3.63, 3.8) is 0 Å². The van der Waals surface area contributed by atoms with E-state index in [0.717, 1.165) is 12.5 Å². The van der Waals surface area contributed by atoms with E-state index < -0.39 is 29.0 Å². The average Bonchev–Trinajstić information content (AvgIpc) is 2.61. The molecule has 0 heterocycles. The van der Waals surface area contributed by atoms with Gasteiger partial charge in [-0.2, -0.15) is 0 Å². The number of halogens is 4. The zero-order chi connectivity index (χ0) is 19.3. The number of rotatable bonds is 7. The Labute approximate surface area is 153 Å². The lowest BCUT2D eigenvalue weighted by molar-refractivity contribution is 0.102. The minimum Gasteiger partial charge on any atom is -0.490 e. The minimum atomic E-state index is -1.67. The van der Waals surface area contributed by atoms with Gasteiger partial charge >= 0.3 is 0 Å². The van der Waals surface area contributed by atoms with Gasteiger partial charge in [-0.1, -0.05) is 18.5 Å². The minimum absolute atomic E-state index is 0.0476. The van der Waals surface area contributed by atoms with Crippen LogP contribution in [0.3, 0.4) is 0 Å². The monoisotopic (exact) mass is 387 g/mol. The average molecular weight is 388 g/mol. The molecule has 0 aliphatic rings. The predicted molar refractivity (Wildman–Crippen MR) is 92.7 cm³/mol. The molecule has 4 nitrogen and oxygen atoms in total. The summed E-state index contributed by atoms with van der Waals surface area (Å²) in [7, 11) is 0. The maximum absolute atomic E-state index is 13.7. The lowest BCUT2D eigenvalue weighted by atomic mass is 10.1. The predicted octanol–water partition coefficient (Wildman–Crippen LogP) is 5.20. The van der Waals surface area contributed by atoms with Crippen molar-refractivity contribution >= 4 is 23.2 Å². The number of benzene rings is 2. The van der Waals surface area contributed by atoms with Crippen LogP contribution in [0, 0.1) is 17.5 Å². The normalized spacial score (nSPS) is 10.5. The summed E-state index contributed by atoms with van der Waals surface area (Å²) in [4.78, 5) is 12.3. The Morgan fingerprint density at radius 2 is 1.85 bits per heavy atom. The van der Waals surface area contributed by atoms with Gasteiger partial charge in [-0.05, 0) is 37.6 Å². The molecule has 2 aromatic rings. The van der Waals surface area contributed by atoms with Gasteiger partial charge in [-0.15, -0.1) is 0 Å². The Morgan fingerprint density at radius 3 is 2.50 bits per heavy atom. The second kappa shape index (κ2) is 8.80. The highest BCUT2D eigenvalue weighted by Gasteiger charge is 2.19. The van der Waals surface area contributed by atoms with Crippen LogP contribution in [0.1, 0.15) is 30.6 Å². The van der Waals surface area contributed by atoms with Crippen molar-refractivity contribution in [2.75, 3.05) is 18.5 Å². The molecule has 0 aromatic heterocycles. The summed E-state index contributed by atoms with van der Waals surface area (Å²) in [5.74, 6) is -4.72. The molecule has 140 valence electrons. The highest BCUT2D eigenvalue weighted by Crippen LogP contribution is 2.37. The van der Waals surface area contributed by atoms with Gasteiger partial charge in [0.2, 0.25) is 0 Å². The SMILES string of the molecule is CCCOc1c(Cl)cc(C(=O)Nc2ccc(F)c(F)c2F)cc1OCC. The second-order valence-corrected chi connectivity index (χ2v) is 5.65. The Balaban J connectivity index is 2.33. The van der Waals surface area contributed by atoms with Crippen LogP contribution in [0.15, 0.2) is 24.3 Å². The summed E-state index contributed by atoms with van der Waals surface area (Å²) in [5.41, 5.74) is -0.444. The van der Waals surface area contributed by atoms with Crippen LogP contribution in [-0.4, -0.2) is 19.1 Å². The van der Waals surface area contributed by atoms with E-state index in [1.807, 2.05) is 6.92 Å². The third-order valence-electron chi connectivity index (χ3n) is 3.31. The lowest BCUT2D eigenvalue weighted by Gasteiger charge is -2.15. The van der Waals surface area contributed by atoms with E-state index in [2.05, 4.69) is 5.32 Å². The lowest BCUT2D eigenvalue weighted by Crippen LogP contribution is -2.14. The molecule has 0 saturated carbocycles. The third-order valence-corrected chi connectivity index (χ3v) is 3.59. The summed E-state index contributed by atoms with van der Waals surface area (Å²) in [6, 6.07) is 4.35. The van der Waals surface area contributed by atoms with Crippen LogP contribution >= 0.6 is 11.6 Å². The first-order chi connectivity index (χ1) is 12.4. The Kier molecular flexibility index (Phi) is 6.74. The van der Waals surface area contributed by atoms with Crippen molar-refractivity contribution < 1.29 is 27.4 Å². The fraction of sp³-hybridized carbons (Fsp3) is 0.278. The molecule has 0 aliphatic carbocycles. The standard InChI is InChI=1S/C18H17ClF3NO3/c1-3-7-26-17-11(19)8-10(9-14(17)25-4-2)18(24)23-13-6-5-12(20)15(21)16(13)22/h5-6,8-9H,3-4,7H2,1-2H3,(H,23,24). The Bertz CT molecular complexity index is 815. The van der Waals surface area contributed by atoms with Gasteiger partial charge in [0.25, 0.3) is 5.91 Å². The smallest absolute Gasteiger partial charge is 0.255 e. The molecule has 2 aromatic carbocycles. The maximum Gasteiger partial charge on any atom is 0.255 e. The molecule has 0 bridgehead atoms. The largest absolute Gasteiger partial charge is 0.490 e. The number of carbonyl (C=O) groups is 1. The summed E-state index contributed by atoms with van der Waals surface area (Å²) >= 11 is 6.16. The number of ether oxygens (including phenoxy) is 2. The van der Waals surface area contributed by atoms with E-state index >= 15 is 0 Å². The van der Waals surface area contributed by atoms with Crippen LogP contribution in [0.2, 0.25) is 5.02 Å². The molecule has 0 aliphatic heterocycles. The molecule has 0 radical (unpaired) electrons. The molecule has 8 heteroatoms. The zero-order valence-corrected chi connectivity index (χ0v) is 14.9. The van der Waals surface area contributed by atoms with E-state index in [-0.39, 0.29) is 16.3 Å². The first-order valence-corrected chi connectivity index (χ1v) is 8.30. The quantitative estimate of drug-likeness (QED) is 0.664. The molecule has 0 fully saturated rings. The van der Waals surface area contributed by atoms with Crippen LogP contribution in [0.25, 0.3) is 0 Å². The fourth-order valence-electron chi connectivity index (χ4n) is 2.12. The van der Waals surface area contributed by atoms with Gasteiger partial charge in [-0.3, -0.25) is 4.79 Å². The van der Waals surface area contributed by atoms with Gasteiger partial charge in [0.05, 0.1) is 23.9 Å². The first kappa shape index (κ1) is 19.9. The summed E-state index contributed by atoms with van der Waals surface area (Å²) in [6.07, 6.45) is 0.750. The number of amides is 1. The Hall–Kier alpha value is -2.41. The molecule has 0 atom stereocenters. The fourth-order valence-corrected chi connectivity index (χ4v) is 2.39. The van der Waals surface area contributed by atoms with E-state index in [9.17, 15) is 18.0 Å². The second-order valence-electron chi connectivity index (χ2n) is 5.24. The number of nitrogens with one attached hydrogen (secondary N) is 1. The van der Waals surface area contributed by atoms with Gasteiger partial charge in [-0.25, -0.2) is 13.2 Å². The molecular weight excluding hydrogens is 371 g/mol. The summed E-state index contributed by atoms with van der Waals surface area (Å²) in [5, 5.41) is 2.32. The van der Waals surface area contributed by atoms with E-state index in [1.54, 1.807) is 6.92 Å². The van der Waals surface area contributed by atoms with E-state index in [4.69, 9.17) is 21.1 Å². The molecule has 26 heavy (non-hydrogen) atoms. The topological polar surface area (TPSA) is 47.6 Å². The maximum atomic E-state index is 13.7. The van der Waals surface area contributed by atoms with Crippen LogP contribution < -0.4 is 14.8 Å². The van der Waals surface area contributed by atoms with Crippen molar-refractivity contribution in [2.45, 2.75) is 20.3 Å². The molecule has 0 unspecified atom stereocenters. The highest BCUT2D eigenvalue weighted by molar-refractivity contribution is 6.32. The highest BCUT2D eigenvalue weighted by atomic mass is 35.5. The summed E-state index contributed by atoms with van der Waals surface area (Å²) < 4.78 is 51.0. The van der Waals surface area contributed by atoms with Crippen LogP contribution in [0.4, 0.5) is 18.9 Å². The molecule has 0 spiro atoms.